The average molecular weight is 717 g/mol. The third-order valence-corrected chi connectivity index (χ3v) is 10.1. The van der Waals surface area contributed by atoms with Crippen molar-refractivity contribution in [2.24, 2.45) is 0 Å². The number of hydrogen-bond donors (Lipinski definition) is 9. The maximum absolute atomic E-state index is 11.7. The van der Waals surface area contributed by atoms with E-state index in [9.17, 15) is 46.0 Å². The molecule has 0 fully saturated rings. The van der Waals surface area contributed by atoms with Gasteiger partial charge in [-0.2, -0.15) is 0 Å². The minimum absolute atomic E-state index is 0.231. The summed E-state index contributed by atoms with van der Waals surface area (Å²) >= 11 is 0. The van der Waals surface area contributed by atoms with Crippen LogP contribution in [0.3, 0.4) is 0 Å². The Morgan fingerprint density at radius 1 is 0.296 bits per heavy atom. The average Bonchev–Trinajstić information content (AvgIpc) is 3.58. The molecular formula is C44H28O10. The van der Waals surface area contributed by atoms with Crippen LogP contribution in [0.5, 0.6) is 51.7 Å². The summed E-state index contributed by atoms with van der Waals surface area (Å²) in [4.78, 5) is 0. The van der Waals surface area contributed by atoms with E-state index in [-0.39, 0.29) is 11.1 Å². The van der Waals surface area contributed by atoms with Gasteiger partial charge in [0.25, 0.3) is 0 Å². The topological polar surface area (TPSA) is 195 Å². The summed E-state index contributed by atoms with van der Waals surface area (Å²) in [6.07, 6.45) is 0. The first kappa shape index (κ1) is 32.2. The van der Waals surface area contributed by atoms with E-state index in [2.05, 4.69) is 6.07 Å². The number of para-hydroxylation sites is 1. The number of hydrogen-bond acceptors (Lipinski definition) is 10. The standard InChI is InChI=1S/C44H28O10/c45-36-33(37(46)39(48)34(38(36)47)35-40(49)42(51)44(53)43(52)41(35)50)32-24-14-6-4-12-22(24)30(23-13-5-7-15-25(23)32)27-18-21(20-10-2-1-3-11-20)19-29-31(27)26-16-8-9-17-28(26)54-29/h1-19,45-53H. The van der Waals surface area contributed by atoms with E-state index in [1.54, 1.807) is 24.3 Å². The van der Waals surface area contributed by atoms with Crippen molar-refractivity contribution in [2.45, 2.75) is 0 Å². The lowest BCUT2D eigenvalue weighted by molar-refractivity contribution is 0.329. The predicted octanol–water partition coefficient (Wildman–Crippen LogP) is 9.91. The van der Waals surface area contributed by atoms with Crippen LogP contribution in [0.2, 0.25) is 0 Å². The number of rotatable bonds is 4. The molecule has 0 unspecified atom stereocenters. The molecule has 0 aliphatic rings. The van der Waals surface area contributed by atoms with E-state index in [1.807, 2.05) is 84.9 Å². The van der Waals surface area contributed by atoms with Crippen LogP contribution in [0.4, 0.5) is 0 Å². The van der Waals surface area contributed by atoms with E-state index in [4.69, 9.17) is 4.42 Å². The van der Waals surface area contributed by atoms with E-state index in [0.717, 1.165) is 33.0 Å². The molecule has 0 amide bonds. The molecule has 54 heavy (non-hydrogen) atoms. The summed E-state index contributed by atoms with van der Waals surface area (Å²) in [7, 11) is 0. The summed E-state index contributed by atoms with van der Waals surface area (Å²) in [6, 6.07) is 36.4. The predicted molar refractivity (Wildman–Crippen MR) is 205 cm³/mol. The van der Waals surface area contributed by atoms with Crippen LogP contribution in [0.15, 0.2) is 120 Å². The van der Waals surface area contributed by atoms with Gasteiger partial charge in [-0.3, -0.25) is 0 Å². The first-order valence-electron chi connectivity index (χ1n) is 16.7. The summed E-state index contributed by atoms with van der Waals surface area (Å²) in [5, 5.41) is 102. The van der Waals surface area contributed by atoms with Crippen molar-refractivity contribution in [3.05, 3.63) is 115 Å². The van der Waals surface area contributed by atoms with Gasteiger partial charge in [0.2, 0.25) is 17.2 Å². The van der Waals surface area contributed by atoms with Gasteiger partial charge in [0.1, 0.15) is 11.2 Å². The second-order valence-corrected chi connectivity index (χ2v) is 13.0. The molecule has 10 nitrogen and oxygen atoms in total. The van der Waals surface area contributed by atoms with Crippen molar-refractivity contribution in [1.82, 2.24) is 0 Å². The molecule has 9 rings (SSSR count). The summed E-state index contributed by atoms with van der Waals surface area (Å²) in [6.45, 7) is 0. The number of furan rings is 1. The van der Waals surface area contributed by atoms with Gasteiger partial charge in [0.05, 0.1) is 16.7 Å². The fourth-order valence-electron chi connectivity index (χ4n) is 7.63. The summed E-state index contributed by atoms with van der Waals surface area (Å²) in [5.41, 5.74) is 2.88. The Morgan fingerprint density at radius 2 is 0.685 bits per heavy atom. The van der Waals surface area contributed by atoms with Crippen molar-refractivity contribution in [3.8, 4) is 96.3 Å². The largest absolute Gasteiger partial charge is 0.504 e. The molecule has 9 aromatic rings. The lowest BCUT2D eigenvalue weighted by atomic mass is 9.83. The van der Waals surface area contributed by atoms with E-state index in [0.29, 0.717) is 32.7 Å². The van der Waals surface area contributed by atoms with Crippen LogP contribution in [-0.2, 0) is 0 Å². The molecule has 0 saturated heterocycles. The zero-order valence-corrected chi connectivity index (χ0v) is 27.9. The summed E-state index contributed by atoms with van der Waals surface area (Å²) < 4.78 is 6.43. The van der Waals surface area contributed by atoms with Crippen LogP contribution in [0.1, 0.15) is 0 Å². The minimum Gasteiger partial charge on any atom is -0.504 e. The molecule has 1 heterocycles. The number of phenolic OH excluding ortho intramolecular Hbond substituents is 9. The van der Waals surface area contributed by atoms with Gasteiger partial charge in [0.15, 0.2) is 34.5 Å². The Morgan fingerprint density at radius 3 is 1.20 bits per heavy atom. The number of phenols is 9. The lowest BCUT2D eigenvalue weighted by Gasteiger charge is -2.22. The highest BCUT2D eigenvalue weighted by molar-refractivity contribution is 6.27. The second-order valence-electron chi connectivity index (χ2n) is 13.0. The Labute approximate surface area is 304 Å². The number of aromatic hydroxyl groups is 9. The van der Waals surface area contributed by atoms with Crippen molar-refractivity contribution in [3.63, 3.8) is 0 Å². The van der Waals surface area contributed by atoms with Crippen LogP contribution < -0.4 is 0 Å². The van der Waals surface area contributed by atoms with Gasteiger partial charge in [-0.05, 0) is 62.0 Å². The highest BCUT2D eigenvalue weighted by Crippen LogP contribution is 2.63. The van der Waals surface area contributed by atoms with Crippen molar-refractivity contribution < 1.29 is 50.4 Å². The van der Waals surface area contributed by atoms with Crippen molar-refractivity contribution in [1.29, 1.82) is 0 Å². The van der Waals surface area contributed by atoms with Crippen LogP contribution >= 0.6 is 0 Å². The maximum atomic E-state index is 11.7. The molecule has 0 aliphatic heterocycles. The Kier molecular flexibility index (Phi) is 6.95. The fourth-order valence-corrected chi connectivity index (χ4v) is 7.63. The first-order chi connectivity index (χ1) is 26.1. The first-order valence-corrected chi connectivity index (χ1v) is 16.7. The van der Waals surface area contributed by atoms with E-state index >= 15 is 0 Å². The molecule has 264 valence electrons. The molecule has 0 atom stereocenters. The highest BCUT2D eigenvalue weighted by atomic mass is 16.4. The molecule has 0 bridgehead atoms. The third kappa shape index (κ3) is 4.40. The minimum atomic E-state index is -1.29. The molecule has 0 radical (unpaired) electrons. The van der Waals surface area contributed by atoms with Crippen molar-refractivity contribution in [2.75, 3.05) is 0 Å². The van der Waals surface area contributed by atoms with E-state index in [1.165, 1.54) is 0 Å². The van der Waals surface area contributed by atoms with Gasteiger partial charge < -0.3 is 50.4 Å². The van der Waals surface area contributed by atoms with E-state index < -0.39 is 62.9 Å². The molecule has 8 aromatic carbocycles. The smallest absolute Gasteiger partial charge is 0.208 e. The Hall–Kier alpha value is -7.72. The third-order valence-electron chi connectivity index (χ3n) is 10.1. The maximum Gasteiger partial charge on any atom is 0.208 e. The molecule has 10 heteroatoms. The van der Waals surface area contributed by atoms with Gasteiger partial charge >= 0.3 is 0 Å². The highest BCUT2D eigenvalue weighted by Gasteiger charge is 2.34. The molecular weight excluding hydrogens is 688 g/mol. The molecule has 0 aliphatic carbocycles. The van der Waals surface area contributed by atoms with Crippen LogP contribution in [-0.4, -0.2) is 46.0 Å². The SMILES string of the molecule is Oc1c(O)c(O)c(-c2c(O)c(O)c(-c3c4ccccc4c(-c4cc(-c5ccccc5)cc5oc6ccccc6c45)c4ccccc34)c(O)c2O)c(O)c1O. The fraction of sp³-hybridized carbons (Fsp3) is 0. The molecule has 1 aromatic heterocycles. The van der Waals surface area contributed by atoms with Gasteiger partial charge in [-0.1, -0.05) is 97.1 Å². The van der Waals surface area contributed by atoms with Gasteiger partial charge in [-0.15, -0.1) is 0 Å². The molecule has 0 saturated carbocycles. The quantitative estimate of drug-likeness (QED) is 0.0480. The molecule has 9 N–H and O–H groups in total. The Balaban J connectivity index is 1.41. The normalized spacial score (nSPS) is 11.6. The Bertz CT molecular complexity index is 2920. The monoisotopic (exact) mass is 716 g/mol. The lowest BCUT2D eigenvalue weighted by Crippen LogP contribution is -1.94. The van der Waals surface area contributed by atoms with Gasteiger partial charge in [0, 0.05) is 16.3 Å². The summed E-state index contributed by atoms with van der Waals surface area (Å²) in [5.74, 6) is -10.5. The number of benzene rings is 8. The van der Waals surface area contributed by atoms with Crippen LogP contribution in [0, 0.1) is 0 Å². The number of fused-ring (bicyclic) bond motifs is 5. The zero-order valence-electron chi connectivity index (χ0n) is 27.9. The second kappa shape index (κ2) is 11.7. The molecule has 0 spiro atoms. The van der Waals surface area contributed by atoms with Crippen LogP contribution in [0.25, 0.3) is 88.0 Å². The van der Waals surface area contributed by atoms with Crippen molar-refractivity contribution >= 4 is 43.5 Å². The van der Waals surface area contributed by atoms with Gasteiger partial charge in [-0.25, -0.2) is 0 Å². The zero-order chi connectivity index (χ0) is 37.6.